The van der Waals surface area contributed by atoms with Crippen LogP contribution in [-0.2, 0) is 11.3 Å². The van der Waals surface area contributed by atoms with E-state index in [-0.39, 0.29) is 11.7 Å². The van der Waals surface area contributed by atoms with Crippen molar-refractivity contribution in [1.82, 2.24) is 19.6 Å². The summed E-state index contributed by atoms with van der Waals surface area (Å²) in [4.78, 5) is 12.4. The van der Waals surface area contributed by atoms with Crippen LogP contribution in [0.4, 0.5) is 5.82 Å². The van der Waals surface area contributed by atoms with Crippen molar-refractivity contribution >= 4 is 58.1 Å². The van der Waals surface area contributed by atoms with Crippen molar-refractivity contribution in [2.24, 2.45) is 0 Å². The van der Waals surface area contributed by atoms with E-state index in [9.17, 15) is 4.79 Å². The Labute approximate surface area is 169 Å². The molecule has 136 valence electrons. The molecule has 2 aromatic heterocycles. The van der Waals surface area contributed by atoms with Crippen molar-refractivity contribution in [3.05, 3.63) is 62.4 Å². The Morgan fingerprint density at radius 1 is 1.15 bits per heavy atom. The van der Waals surface area contributed by atoms with Gasteiger partial charge >= 0.3 is 0 Å². The molecule has 3 rings (SSSR count). The van der Waals surface area contributed by atoms with Crippen molar-refractivity contribution in [3.8, 4) is 0 Å². The van der Waals surface area contributed by atoms with Crippen molar-refractivity contribution in [2.45, 2.75) is 19.5 Å². The van der Waals surface area contributed by atoms with Crippen LogP contribution in [0.3, 0.4) is 0 Å². The van der Waals surface area contributed by atoms with E-state index in [4.69, 9.17) is 46.4 Å². The number of amides is 1. The zero-order valence-electron chi connectivity index (χ0n) is 13.5. The van der Waals surface area contributed by atoms with Gasteiger partial charge in [0.05, 0.1) is 27.8 Å². The molecule has 0 spiro atoms. The van der Waals surface area contributed by atoms with Crippen LogP contribution in [0.1, 0.15) is 18.5 Å². The highest BCUT2D eigenvalue weighted by Crippen LogP contribution is 2.25. The number of carbonyl (C=O) groups excluding carboxylic acids is 1. The van der Waals surface area contributed by atoms with E-state index >= 15 is 0 Å². The number of hydrogen-bond donors (Lipinski definition) is 1. The summed E-state index contributed by atoms with van der Waals surface area (Å²) in [7, 11) is 0. The van der Waals surface area contributed by atoms with Crippen LogP contribution < -0.4 is 5.32 Å². The van der Waals surface area contributed by atoms with Crippen molar-refractivity contribution in [1.29, 1.82) is 0 Å². The maximum atomic E-state index is 12.4. The van der Waals surface area contributed by atoms with Gasteiger partial charge < -0.3 is 5.32 Å². The lowest BCUT2D eigenvalue weighted by molar-refractivity contribution is -0.119. The molecule has 1 unspecified atom stereocenters. The minimum Gasteiger partial charge on any atom is -0.306 e. The first kappa shape index (κ1) is 19.0. The van der Waals surface area contributed by atoms with E-state index in [1.807, 2.05) is 6.07 Å². The summed E-state index contributed by atoms with van der Waals surface area (Å²) < 4.78 is 3.06. The molecule has 6 nitrogen and oxygen atoms in total. The number of halogens is 4. The second kappa shape index (κ2) is 7.88. The summed E-state index contributed by atoms with van der Waals surface area (Å²) in [6, 6.07) is 4.73. The summed E-state index contributed by atoms with van der Waals surface area (Å²) >= 11 is 23.9. The summed E-state index contributed by atoms with van der Waals surface area (Å²) in [5, 5.41) is 12.7. The van der Waals surface area contributed by atoms with Gasteiger partial charge in [0.2, 0.25) is 5.91 Å². The molecule has 0 saturated heterocycles. The molecule has 0 aliphatic carbocycles. The fraction of sp³-hybridized carbons (Fsp3) is 0.188. The molecular weight excluding hydrogens is 420 g/mol. The van der Waals surface area contributed by atoms with Gasteiger partial charge in [-0.2, -0.15) is 10.2 Å². The van der Waals surface area contributed by atoms with E-state index in [1.54, 1.807) is 36.1 Å². The second-order valence-corrected chi connectivity index (χ2v) is 7.23. The number of carbonyl (C=O) groups is 1. The molecule has 10 heteroatoms. The van der Waals surface area contributed by atoms with Gasteiger partial charge in [-0.25, -0.2) is 0 Å². The smallest absolute Gasteiger partial charge is 0.250 e. The monoisotopic (exact) mass is 431 g/mol. The number of benzene rings is 1. The van der Waals surface area contributed by atoms with Gasteiger partial charge in [0, 0.05) is 12.4 Å². The van der Waals surface area contributed by atoms with Gasteiger partial charge in [0.25, 0.3) is 0 Å². The Kier molecular flexibility index (Phi) is 5.77. The van der Waals surface area contributed by atoms with Crippen molar-refractivity contribution < 1.29 is 4.79 Å². The van der Waals surface area contributed by atoms with E-state index in [0.717, 1.165) is 5.56 Å². The number of nitrogens with zero attached hydrogens (tertiary/aromatic N) is 4. The maximum absolute atomic E-state index is 12.4. The lowest BCUT2D eigenvalue weighted by Gasteiger charge is -2.11. The Morgan fingerprint density at radius 2 is 1.92 bits per heavy atom. The lowest BCUT2D eigenvalue weighted by atomic mass is 10.2. The first-order valence-corrected chi connectivity index (χ1v) is 9.02. The van der Waals surface area contributed by atoms with Crippen LogP contribution in [0.5, 0.6) is 0 Å². The topological polar surface area (TPSA) is 64.7 Å². The first-order valence-electron chi connectivity index (χ1n) is 7.51. The average molecular weight is 433 g/mol. The Morgan fingerprint density at radius 3 is 2.58 bits per heavy atom. The van der Waals surface area contributed by atoms with Gasteiger partial charge in [-0.1, -0.05) is 52.5 Å². The normalized spacial score (nSPS) is 12.2. The van der Waals surface area contributed by atoms with Crippen LogP contribution in [0.15, 0.2) is 36.8 Å². The fourth-order valence-corrected chi connectivity index (χ4v) is 2.92. The van der Waals surface area contributed by atoms with Gasteiger partial charge in [0.1, 0.15) is 11.1 Å². The van der Waals surface area contributed by atoms with Crippen molar-refractivity contribution in [3.63, 3.8) is 0 Å². The predicted octanol–water partition coefficient (Wildman–Crippen LogP) is 4.94. The van der Waals surface area contributed by atoms with Gasteiger partial charge in [-0.15, -0.1) is 0 Å². The molecule has 1 aromatic carbocycles. The molecule has 1 N–H and O–H groups in total. The minimum atomic E-state index is -0.571. The van der Waals surface area contributed by atoms with Crippen LogP contribution in [0.2, 0.25) is 20.1 Å². The summed E-state index contributed by atoms with van der Waals surface area (Å²) in [6.45, 7) is 2.12. The van der Waals surface area contributed by atoms with Crippen LogP contribution in [0.25, 0.3) is 0 Å². The molecule has 26 heavy (non-hydrogen) atoms. The highest BCUT2D eigenvalue weighted by molar-refractivity contribution is 6.42. The molecule has 0 fully saturated rings. The first-order chi connectivity index (χ1) is 12.3. The average Bonchev–Trinajstić information content (AvgIpc) is 3.16. The molecule has 1 amide bonds. The zero-order chi connectivity index (χ0) is 18.8. The zero-order valence-corrected chi connectivity index (χ0v) is 16.5. The van der Waals surface area contributed by atoms with Crippen molar-refractivity contribution in [2.75, 3.05) is 5.32 Å². The number of aromatic nitrogens is 4. The second-order valence-electron chi connectivity index (χ2n) is 5.58. The molecule has 3 aromatic rings. The molecular formula is C16H13Cl4N5O. The highest BCUT2D eigenvalue weighted by Gasteiger charge is 2.19. The highest BCUT2D eigenvalue weighted by atomic mass is 35.5. The standard InChI is InChI=1S/C16H13Cl4N5O/c1-9(25-7-11(17)5-21-25)16(26)22-15-14(20)8-24(23-15)6-10-2-3-12(18)13(19)4-10/h2-5,7-9H,6H2,1H3,(H,22,23,26). The number of nitrogens with one attached hydrogen (secondary N) is 1. The lowest BCUT2D eigenvalue weighted by Crippen LogP contribution is -2.24. The SMILES string of the molecule is CC(C(=O)Nc1nn(Cc2ccc(Cl)c(Cl)c2)cc1Cl)n1cc(Cl)cn1. The molecule has 0 bridgehead atoms. The van der Waals surface area contributed by atoms with E-state index in [0.29, 0.717) is 26.6 Å². The summed E-state index contributed by atoms with van der Waals surface area (Å²) in [5.74, 6) is -0.0479. The molecule has 0 radical (unpaired) electrons. The number of anilines is 1. The number of rotatable bonds is 5. The minimum absolute atomic E-state index is 0.266. The number of hydrogen-bond acceptors (Lipinski definition) is 3. The molecule has 1 atom stereocenters. The van der Waals surface area contributed by atoms with Gasteiger partial charge in [0.15, 0.2) is 5.82 Å². The van der Waals surface area contributed by atoms with E-state index < -0.39 is 6.04 Å². The van der Waals surface area contributed by atoms with Gasteiger partial charge in [-0.3, -0.25) is 14.2 Å². The Bertz CT molecular complexity index is 952. The van der Waals surface area contributed by atoms with Crippen LogP contribution in [-0.4, -0.2) is 25.5 Å². The molecule has 0 aliphatic heterocycles. The quantitative estimate of drug-likeness (QED) is 0.620. The third kappa shape index (κ3) is 4.32. The molecule has 2 heterocycles. The third-order valence-electron chi connectivity index (χ3n) is 3.63. The van der Waals surface area contributed by atoms with E-state index in [1.165, 1.54) is 10.9 Å². The van der Waals surface area contributed by atoms with Crippen LogP contribution in [0, 0.1) is 0 Å². The van der Waals surface area contributed by atoms with Crippen LogP contribution >= 0.6 is 46.4 Å². The molecule has 0 saturated carbocycles. The summed E-state index contributed by atoms with van der Waals surface area (Å²) in [6.07, 6.45) is 4.65. The molecule has 0 aliphatic rings. The largest absolute Gasteiger partial charge is 0.306 e. The Balaban J connectivity index is 1.71. The van der Waals surface area contributed by atoms with E-state index in [2.05, 4.69) is 15.5 Å². The predicted molar refractivity (Wildman–Crippen MR) is 103 cm³/mol. The fourth-order valence-electron chi connectivity index (χ4n) is 2.26. The third-order valence-corrected chi connectivity index (χ3v) is 4.84. The maximum Gasteiger partial charge on any atom is 0.250 e. The Hall–Kier alpha value is -1.73. The summed E-state index contributed by atoms with van der Waals surface area (Å²) in [5.41, 5.74) is 0.899. The van der Waals surface area contributed by atoms with Gasteiger partial charge in [-0.05, 0) is 24.6 Å².